The van der Waals surface area contributed by atoms with Crippen molar-refractivity contribution >= 4 is 17.6 Å². The van der Waals surface area contributed by atoms with Crippen molar-refractivity contribution in [2.45, 2.75) is 25.4 Å². The van der Waals surface area contributed by atoms with Crippen molar-refractivity contribution in [2.75, 3.05) is 5.75 Å². The van der Waals surface area contributed by atoms with Gasteiger partial charge in [0.25, 0.3) is 0 Å². The normalized spacial score (nSPS) is 12.8. The van der Waals surface area contributed by atoms with Gasteiger partial charge in [0.2, 0.25) is 0 Å². The summed E-state index contributed by atoms with van der Waals surface area (Å²) in [6, 6.07) is 1.78. The van der Waals surface area contributed by atoms with E-state index in [2.05, 4.69) is 15.1 Å². The average molecular weight is 240 g/mol. The highest BCUT2D eigenvalue weighted by atomic mass is 32.2. The molecule has 0 aromatic carbocycles. The van der Waals surface area contributed by atoms with E-state index in [0.29, 0.717) is 0 Å². The molecule has 0 saturated carbocycles. The van der Waals surface area contributed by atoms with Gasteiger partial charge in [-0.15, -0.1) is 0 Å². The van der Waals surface area contributed by atoms with E-state index in [9.17, 15) is 0 Å². The predicted molar refractivity (Wildman–Crippen MR) is 64.6 cm³/mol. The lowest BCUT2D eigenvalue weighted by molar-refractivity contribution is 0.307. The summed E-state index contributed by atoms with van der Waals surface area (Å²) < 4.78 is 0. The third kappa shape index (κ3) is 3.69. The molecule has 0 atom stereocenters. The fourth-order valence-electron chi connectivity index (χ4n) is 1.02. The third-order valence-electron chi connectivity index (χ3n) is 2.30. The molecular weight excluding hydrogens is 224 g/mol. The maximum absolute atomic E-state index is 8.62. The fraction of sp³-hybridized carbons (Fsp3) is 0.500. The summed E-state index contributed by atoms with van der Waals surface area (Å²) in [7, 11) is 0. The van der Waals surface area contributed by atoms with E-state index in [-0.39, 0.29) is 11.3 Å². The highest BCUT2D eigenvalue weighted by Gasteiger charge is 2.23. The van der Waals surface area contributed by atoms with Gasteiger partial charge in [0.1, 0.15) is 5.84 Å². The molecule has 1 aromatic heterocycles. The van der Waals surface area contributed by atoms with Crippen molar-refractivity contribution < 1.29 is 5.21 Å². The Morgan fingerprint density at radius 2 is 2.12 bits per heavy atom. The van der Waals surface area contributed by atoms with Crippen LogP contribution >= 0.6 is 11.8 Å². The monoisotopic (exact) mass is 240 g/mol. The second kappa shape index (κ2) is 5.69. The molecule has 0 fully saturated rings. The molecule has 1 heterocycles. The molecule has 88 valence electrons. The summed E-state index contributed by atoms with van der Waals surface area (Å²) in [6.45, 7) is 3.88. The van der Waals surface area contributed by atoms with Crippen molar-refractivity contribution in [3.63, 3.8) is 0 Å². The Hall–Kier alpha value is -1.30. The van der Waals surface area contributed by atoms with Crippen LogP contribution in [0, 0.1) is 5.41 Å². The number of nitrogens with two attached hydrogens (primary N) is 1. The number of hydrogen-bond donors (Lipinski definition) is 2. The Morgan fingerprint density at radius 3 is 2.69 bits per heavy atom. The zero-order chi connectivity index (χ0) is 12.0. The summed E-state index contributed by atoms with van der Waals surface area (Å²) in [5, 5.41) is 12.4. The van der Waals surface area contributed by atoms with Crippen molar-refractivity contribution in [2.24, 2.45) is 16.3 Å². The first kappa shape index (κ1) is 12.8. The molecular formula is C10H16N4OS. The average Bonchev–Trinajstić information content (AvgIpc) is 2.29. The largest absolute Gasteiger partial charge is 0.409 e. The number of oxime groups is 1. The highest BCUT2D eigenvalue weighted by molar-refractivity contribution is 7.99. The van der Waals surface area contributed by atoms with Crippen LogP contribution in [0.3, 0.4) is 0 Å². The molecule has 16 heavy (non-hydrogen) atoms. The van der Waals surface area contributed by atoms with Gasteiger partial charge in [0.15, 0.2) is 5.16 Å². The molecule has 1 rings (SSSR count). The maximum Gasteiger partial charge on any atom is 0.187 e. The van der Waals surface area contributed by atoms with Gasteiger partial charge < -0.3 is 10.9 Å². The van der Waals surface area contributed by atoms with Gasteiger partial charge in [0.05, 0.1) is 0 Å². The van der Waals surface area contributed by atoms with E-state index in [0.717, 1.165) is 17.3 Å². The Labute approximate surface area is 99.2 Å². The van der Waals surface area contributed by atoms with E-state index in [1.54, 1.807) is 30.2 Å². The van der Waals surface area contributed by atoms with Crippen molar-refractivity contribution in [3.05, 3.63) is 18.5 Å². The second-order valence-electron chi connectivity index (χ2n) is 4.00. The summed E-state index contributed by atoms with van der Waals surface area (Å²) in [4.78, 5) is 8.21. The molecule has 1 aromatic rings. The van der Waals surface area contributed by atoms with Gasteiger partial charge in [-0.05, 0) is 12.5 Å². The van der Waals surface area contributed by atoms with E-state index in [1.165, 1.54) is 0 Å². The molecule has 6 heteroatoms. The van der Waals surface area contributed by atoms with Crippen molar-refractivity contribution in [1.29, 1.82) is 0 Å². The van der Waals surface area contributed by atoms with Gasteiger partial charge in [0, 0.05) is 23.6 Å². The van der Waals surface area contributed by atoms with Crippen LogP contribution in [0.1, 0.15) is 20.3 Å². The van der Waals surface area contributed by atoms with Crippen LogP contribution in [0.25, 0.3) is 0 Å². The number of hydrogen-bond acceptors (Lipinski definition) is 5. The predicted octanol–water partition coefficient (Wildman–Crippen LogP) is 1.73. The molecule has 0 amide bonds. The number of aromatic nitrogens is 2. The van der Waals surface area contributed by atoms with Crippen LogP contribution in [-0.2, 0) is 0 Å². The van der Waals surface area contributed by atoms with Gasteiger partial charge in [-0.3, -0.25) is 0 Å². The summed E-state index contributed by atoms with van der Waals surface area (Å²) in [6.07, 6.45) is 4.22. The van der Waals surface area contributed by atoms with Crippen LogP contribution < -0.4 is 5.73 Å². The van der Waals surface area contributed by atoms with Crippen LogP contribution in [0.4, 0.5) is 0 Å². The summed E-state index contributed by atoms with van der Waals surface area (Å²) >= 11 is 1.56. The lowest BCUT2D eigenvalue weighted by atomic mass is 9.89. The van der Waals surface area contributed by atoms with Crippen molar-refractivity contribution in [1.82, 2.24) is 9.97 Å². The van der Waals surface area contributed by atoms with E-state index in [1.807, 2.05) is 13.8 Å². The zero-order valence-electron chi connectivity index (χ0n) is 9.42. The van der Waals surface area contributed by atoms with Crippen LogP contribution in [0.15, 0.2) is 28.8 Å². The summed E-state index contributed by atoms with van der Waals surface area (Å²) in [5.41, 5.74) is 5.28. The molecule has 5 nitrogen and oxygen atoms in total. The van der Waals surface area contributed by atoms with E-state index in [4.69, 9.17) is 10.9 Å². The Kier molecular flexibility index (Phi) is 4.54. The number of thioether (sulfide) groups is 1. The lowest BCUT2D eigenvalue weighted by Gasteiger charge is -2.21. The fourth-order valence-corrected chi connectivity index (χ4v) is 2.09. The molecule has 0 radical (unpaired) electrons. The number of nitrogens with zero attached hydrogens (tertiary/aromatic N) is 3. The molecule has 0 aliphatic carbocycles. The summed E-state index contributed by atoms with van der Waals surface area (Å²) in [5.74, 6) is 1.08. The van der Waals surface area contributed by atoms with Crippen LogP contribution in [0.5, 0.6) is 0 Å². The standard InChI is InChI=1S/C10H16N4OS/c1-10(2,8(11)14-15)4-7-16-9-12-5-3-6-13-9/h3,5-6,15H,4,7H2,1-2H3,(H2,11,14). The number of rotatable bonds is 5. The van der Waals surface area contributed by atoms with Gasteiger partial charge in [-0.1, -0.05) is 30.8 Å². The second-order valence-corrected chi connectivity index (χ2v) is 5.06. The minimum atomic E-state index is -0.309. The smallest absolute Gasteiger partial charge is 0.187 e. The minimum Gasteiger partial charge on any atom is -0.409 e. The first-order chi connectivity index (χ1) is 7.56. The molecule has 0 aliphatic rings. The van der Waals surface area contributed by atoms with Crippen LogP contribution in [0.2, 0.25) is 0 Å². The van der Waals surface area contributed by atoms with Crippen molar-refractivity contribution in [3.8, 4) is 0 Å². The molecule has 0 aliphatic heterocycles. The van der Waals surface area contributed by atoms with Gasteiger partial charge in [-0.2, -0.15) is 0 Å². The van der Waals surface area contributed by atoms with Crippen LogP contribution in [-0.4, -0.2) is 26.8 Å². The Balaban J connectivity index is 2.42. The minimum absolute atomic E-state index is 0.252. The molecule has 0 bridgehead atoms. The van der Waals surface area contributed by atoms with E-state index >= 15 is 0 Å². The van der Waals surface area contributed by atoms with Gasteiger partial charge >= 0.3 is 0 Å². The first-order valence-corrected chi connectivity index (χ1v) is 5.92. The quantitative estimate of drug-likeness (QED) is 0.204. The molecule has 0 spiro atoms. The lowest BCUT2D eigenvalue weighted by Crippen LogP contribution is -2.32. The number of amidine groups is 1. The highest BCUT2D eigenvalue weighted by Crippen LogP contribution is 2.24. The van der Waals surface area contributed by atoms with Gasteiger partial charge in [-0.25, -0.2) is 9.97 Å². The third-order valence-corrected chi connectivity index (χ3v) is 3.18. The maximum atomic E-state index is 8.62. The molecule has 0 unspecified atom stereocenters. The Morgan fingerprint density at radius 1 is 1.50 bits per heavy atom. The topological polar surface area (TPSA) is 84.4 Å². The SMILES string of the molecule is CC(C)(CCSc1ncccn1)C(N)=NO. The zero-order valence-corrected chi connectivity index (χ0v) is 10.2. The molecule has 3 N–H and O–H groups in total. The van der Waals surface area contributed by atoms with E-state index < -0.39 is 0 Å². The first-order valence-electron chi connectivity index (χ1n) is 4.94. The molecule has 0 saturated heterocycles. The Bertz CT molecular complexity index is 353.